The molecule has 0 bridgehead atoms. The van der Waals surface area contributed by atoms with Crippen LogP contribution in [0.1, 0.15) is 54.8 Å². The van der Waals surface area contributed by atoms with Gasteiger partial charge in [-0.3, -0.25) is 9.36 Å². The van der Waals surface area contributed by atoms with E-state index in [4.69, 9.17) is 14.2 Å². The molecule has 2 aromatic carbocycles. The second kappa shape index (κ2) is 7.26. The van der Waals surface area contributed by atoms with Crippen molar-refractivity contribution in [1.82, 2.24) is 4.57 Å². The number of para-hydroxylation sites is 1. The molecular weight excluding hydrogens is 406 g/mol. The molecule has 2 aliphatic heterocycles. The van der Waals surface area contributed by atoms with Gasteiger partial charge in [0.1, 0.15) is 23.6 Å². The molecule has 6 nitrogen and oxygen atoms in total. The lowest BCUT2D eigenvalue weighted by Crippen LogP contribution is -2.34. The molecule has 0 aliphatic carbocycles. The first-order valence-electron chi connectivity index (χ1n) is 10.7. The lowest BCUT2D eigenvalue weighted by Gasteiger charge is -2.33. The number of aryl methyl sites for hydroxylation is 1. The molecule has 0 unspecified atom stereocenters. The molecule has 3 aromatic rings. The van der Waals surface area contributed by atoms with E-state index in [1.807, 2.05) is 70.2 Å². The fourth-order valence-electron chi connectivity index (χ4n) is 4.28. The van der Waals surface area contributed by atoms with E-state index >= 15 is 0 Å². The Kier molecular flexibility index (Phi) is 4.62. The lowest BCUT2D eigenvalue weighted by atomic mass is 9.89. The minimum Gasteiger partial charge on any atom is -0.493 e. The molecule has 0 radical (unpaired) electrons. The van der Waals surface area contributed by atoms with Gasteiger partial charge < -0.3 is 14.2 Å². The number of hydrogen-bond acceptors (Lipinski definition) is 5. The van der Waals surface area contributed by atoms with Gasteiger partial charge in [-0.15, -0.1) is 0 Å². The van der Waals surface area contributed by atoms with Crippen LogP contribution < -0.4 is 4.74 Å². The van der Waals surface area contributed by atoms with Crippen LogP contribution in [0.25, 0.3) is 10.9 Å². The third-order valence-corrected chi connectivity index (χ3v) is 5.73. The number of hydrogen-bond donors (Lipinski definition) is 0. The number of carbonyl (C=O) groups excluding carboxylic acids is 2. The molecule has 0 saturated heterocycles. The Morgan fingerprint density at radius 1 is 1.12 bits per heavy atom. The summed E-state index contributed by atoms with van der Waals surface area (Å²) in [5, 5.41) is 0.901. The Hall–Kier alpha value is -3.54. The second-order valence-electron chi connectivity index (χ2n) is 9.32. The van der Waals surface area contributed by atoms with Gasteiger partial charge in [0.15, 0.2) is 5.78 Å². The van der Waals surface area contributed by atoms with Crippen molar-refractivity contribution >= 4 is 22.8 Å². The summed E-state index contributed by atoms with van der Waals surface area (Å²) >= 11 is 0. The SMILES string of the molecule is Cc1ccc2c(c1)C(=O)C1=CO[C@@H](c3cn(C(=O)OC(C)(C)C)c4ccccc34)C[C@H]1O2. The number of fused-ring (bicyclic) bond motifs is 3. The summed E-state index contributed by atoms with van der Waals surface area (Å²) in [6.45, 7) is 7.46. The Morgan fingerprint density at radius 3 is 2.69 bits per heavy atom. The minimum atomic E-state index is -0.607. The fourth-order valence-corrected chi connectivity index (χ4v) is 4.28. The Morgan fingerprint density at radius 2 is 1.91 bits per heavy atom. The van der Waals surface area contributed by atoms with Gasteiger partial charge in [-0.1, -0.05) is 29.8 Å². The van der Waals surface area contributed by atoms with Crippen molar-refractivity contribution < 1.29 is 23.8 Å². The van der Waals surface area contributed by atoms with Crippen LogP contribution in [0.2, 0.25) is 0 Å². The number of aromatic nitrogens is 1. The van der Waals surface area contributed by atoms with E-state index < -0.39 is 17.8 Å². The highest BCUT2D eigenvalue weighted by Gasteiger charge is 2.38. The smallest absolute Gasteiger partial charge is 0.419 e. The van der Waals surface area contributed by atoms with Crippen LogP contribution in [0, 0.1) is 6.92 Å². The summed E-state index contributed by atoms with van der Waals surface area (Å²) < 4.78 is 19.3. The Labute approximate surface area is 186 Å². The van der Waals surface area contributed by atoms with E-state index in [1.165, 1.54) is 10.8 Å². The summed E-state index contributed by atoms with van der Waals surface area (Å²) in [5.74, 6) is 0.536. The molecule has 3 heterocycles. The molecular formula is C26H25NO5. The quantitative estimate of drug-likeness (QED) is 0.493. The van der Waals surface area contributed by atoms with Gasteiger partial charge in [-0.05, 0) is 45.9 Å². The molecule has 5 rings (SSSR count). The summed E-state index contributed by atoms with van der Waals surface area (Å²) in [4.78, 5) is 25.8. The largest absolute Gasteiger partial charge is 0.493 e. The highest BCUT2D eigenvalue weighted by atomic mass is 16.6. The molecule has 0 N–H and O–H groups in total. The fraction of sp³-hybridized carbons (Fsp3) is 0.308. The molecule has 32 heavy (non-hydrogen) atoms. The zero-order valence-corrected chi connectivity index (χ0v) is 18.5. The predicted molar refractivity (Wildman–Crippen MR) is 120 cm³/mol. The number of rotatable bonds is 1. The minimum absolute atomic E-state index is 0.0606. The van der Waals surface area contributed by atoms with Gasteiger partial charge >= 0.3 is 6.09 Å². The topological polar surface area (TPSA) is 66.8 Å². The van der Waals surface area contributed by atoms with E-state index in [9.17, 15) is 9.59 Å². The summed E-state index contributed by atoms with van der Waals surface area (Å²) in [6, 6.07) is 13.3. The Balaban J connectivity index is 1.50. The number of ketones is 1. The molecule has 0 amide bonds. The molecule has 0 saturated carbocycles. The second-order valence-corrected chi connectivity index (χ2v) is 9.32. The average molecular weight is 431 g/mol. The van der Waals surface area contributed by atoms with Crippen LogP contribution in [-0.2, 0) is 9.47 Å². The third-order valence-electron chi connectivity index (χ3n) is 5.73. The van der Waals surface area contributed by atoms with Crippen molar-refractivity contribution in [3.63, 3.8) is 0 Å². The maximum Gasteiger partial charge on any atom is 0.419 e. The van der Waals surface area contributed by atoms with Crippen molar-refractivity contribution in [3.8, 4) is 5.75 Å². The highest BCUT2D eigenvalue weighted by Crippen LogP contribution is 2.41. The van der Waals surface area contributed by atoms with Crippen LogP contribution in [0.3, 0.4) is 0 Å². The molecule has 164 valence electrons. The first kappa shape index (κ1) is 20.4. The van der Waals surface area contributed by atoms with E-state index in [-0.39, 0.29) is 11.9 Å². The van der Waals surface area contributed by atoms with Crippen molar-refractivity contribution in [2.24, 2.45) is 0 Å². The first-order chi connectivity index (χ1) is 15.2. The van der Waals surface area contributed by atoms with Crippen molar-refractivity contribution in [2.45, 2.75) is 51.9 Å². The van der Waals surface area contributed by atoms with E-state index in [2.05, 4.69) is 0 Å². The van der Waals surface area contributed by atoms with Gasteiger partial charge in [0.2, 0.25) is 0 Å². The van der Waals surface area contributed by atoms with Gasteiger partial charge in [0.05, 0.1) is 22.9 Å². The van der Waals surface area contributed by atoms with Crippen molar-refractivity contribution in [3.05, 3.63) is 77.2 Å². The first-order valence-corrected chi connectivity index (χ1v) is 10.7. The van der Waals surface area contributed by atoms with E-state index in [0.29, 0.717) is 23.3 Å². The Bertz CT molecular complexity index is 1280. The normalized spacial score (nSPS) is 20.0. The van der Waals surface area contributed by atoms with Crippen LogP contribution in [-0.4, -0.2) is 28.1 Å². The van der Waals surface area contributed by atoms with Crippen LogP contribution in [0.4, 0.5) is 4.79 Å². The van der Waals surface area contributed by atoms with E-state index in [0.717, 1.165) is 22.0 Å². The zero-order chi connectivity index (χ0) is 22.6. The highest BCUT2D eigenvalue weighted by molar-refractivity contribution is 6.12. The van der Waals surface area contributed by atoms with Gasteiger partial charge in [-0.2, -0.15) is 0 Å². The number of benzene rings is 2. The molecule has 2 aliphatic rings. The monoisotopic (exact) mass is 431 g/mol. The number of ether oxygens (including phenoxy) is 3. The van der Waals surface area contributed by atoms with Crippen molar-refractivity contribution in [2.75, 3.05) is 0 Å². The van der Waals surface area contributed by atoms with Crippen LogP contribution in [0.5, 0.6) is 5.75 Å². The number of Topliss-reactive ketones (excluding diaryl/α,β-unsaturated/α-hetero) is 1. The maximum absolute atomic E-state index is 13.0. The van der Waals surface area contributed by atoms with Gasteiger partial charge in [-0.25, -0.2) is 4.79 Å². The zero-order valence-electron chi connectivity index (χ0n) is 18.5. The molecule has 1 aromatic heterocycles. The maximum atomic E-state index is 13.0. The summed E-state index contributed by atoms with van der Waals surface area (Å²) in [6.07, 6.45) is 2.54. The molecule has 0 spiro atoms. The standard InChI is InChI=1S/C26H25NO5/c1-15-9-10-21-17(11-15)24(28)19-14-30-22(12-23(19)31-21)18-13-27(25(29)32-26(2,3)4)20-8-6-5-7-16(18)20/h5-11,13-14,22-23H,12H2,1-4H3/t22-,23-/m1/s1. The van der Waals surface area contributed by atoms with Crippen LogP contribution >= 0.6 is 0 Å². The summed E-state index contributed by atoms with van der Waals surface area (Å²) in [7, 11) is 0. The average Bonchev–Trinajstić information content (AvgIpc) is 3.13. The number of nitrogens with zero attached hydrogens (tertiary/aromatic N) is 1. The molecule has 6 heteroatoms. The lowest BCUT2D eigenvalue weighted by molar-refractivity contribution is 0.0531. The number of carbonyl (C=O) groups is 2. The van der Waals surface area contributed by atoms with E-state index in [1.54, 1.807) is 6.20 Å². The van der Waals surface area contributed by atoms with Crippen LogP contribution in [0.15, 0.2) is 60.5 Å². The van der Waals surface area contributed by atoms with Gasteiger partial charge in [0.25, 0.3) is 0 Å². The molecule has 2 atom stereocenters. The summed E-state index contributed by atoms with van der Waals surface area (Å²) in [5.41, 5.74) is 3.09. The third kappa shape index (κ3) is 3.45. The van der Waals surface area contributed by atoms with Crippen molar-refractivity contribution in [1.29, 1.82) is 0 Å². The predicted octanol–water partition coefficient (Wildman–Crippen LogP) is 5.72. The molecule has 0 fully saturated rings. The van der Waals surface area contributed by atoms with Gasteiger partial charge in [0, 0.05) is 23.6 Å².